The van der Waals surface area contributed by atoms with E-state index in [2.05, 4.69) is 29.3 Å². The Hall–Kier alpha value is -2.18. The van der Waals surface area contributed by atoms with E-state index in [9.17, 15) is 4.79 Å². The van der Waals surface area contributed by atoms with Crippen LogP contribution < -0.4 is 0 Å². The van der Waals surface area contributed by atoms with E-state index in [1.165, 1.54) is 11.2 Å². The molecule has 0 saturated carbocycles. The topological polar surface area (TPSA) is 77.0 Å². The van der Waals surface area contributed by atoms with E-state index in [0.29, 0.717) is 23.4 Å². The highest BCUT2D eigenvalue weighted by atomic mass is 16.3. The van der Waals surface area contributed by atoms with E-state index in [1.54, 1.807) is 18.4 Å². The number of aromatic nitrogens is 4. The van der Waals surface area contributed by atoms with Crippen LogP contribution >= 0.6 is 0 Å². The van der Waals surface area contributed by atoms with E-state index < -0.39 is 0 Å². The molecule has 0 aliphatic carbocycles. The van der Waals surface area contributed by atoms with Gasteiger partial charge in [0.25, 0.3) is 0 Å². The molecule has 1 fully saturated rings. The highest BCUT2D eigenvalue weighted by molar-refractivity contribution is 5.75. The van der Waals surface area contributed by atoms with Crippen molar-refractivity contribution >= 4 is 5.91 Å². The summed E-state index contributed by atoms with van der Waals surface area (Å²) < 4.78 is 5.21. The maximum atomic E-state index is 12.3. The summed E-state index contributed by atoms with van der Waals surface area (Å²) in [7, 11) is 0. The summed E-state index contributed by atoms with van der Waals surface area (Å²) in [5.74, 6) is 2.07. The standard InChI is InChI=1S/C14H19N5O2/c1-10-6-11(2)8-18(7-10)13(20)9-19-16-14(15-17-19)12-4-3-5-21-12/h3-5,10-11H,6-9H2,1-2H3/t10-,11+. The number of carbonyl (C=O) groups is 1. The number of nitrogens with zero attached hydrogens (tertiary/aromatic N) is 5. The van der Waals surface area contributed by atoms with Gasteiger partial charge in [-0.2, -0.15) is 4.80 Å². The maximum absolute atomic E-state index is 12.3. The Balaban J connectivity index is 1.65. The maximum Gasteiger partial charge on any atom is 0.246 e. The van der Waals surface area contributed by atoms with Gasteiger partial charge in [-0.25, -0.2) is 0 Å². The number of carbonyl (C=O) groups excluding carboxylic acids is 1. The van der Waals surface area contributed by atoms with Gasteiger partial charge in [0.05, 0.1) is 6.26 Å². The van der Waals surface area contributed by atoms with E-state index in [1.807, 2.05) is 4.90 Å². The lowest BCUT2D eigenvalue weighted by Gasteiger charge is -2.34. The van der Waals surface area contributed by atoms with Crippen LogP contribution in [0.4, 0.5) is 0 Å². The molecule has 1 aliphatic heterocycles. The van der Waals surface area contributed by atoms with Gasteiger partial charge < -0.3 is 9.32 Å². The van der Waals surface area contributed by atoms with Crippen LogP contribution in [-0.2, 0) is 11.3 Å². The van der Waals surface area contributed by atoms with Crippen molar-refractivity contribution in [2.75, 3.05) is 13.1 Å². The first-order chi connectivity index (χ1) is 10.1. The molecule has 0 unspecified atom stereocenters. The van der Waals surface area contributed by atoms with Crippen LogP contribution in [-0.4, -0.2) is 44.1 Å². The molecule has 7 heteroatoms. The van der Waals surface area contributed by atoms with Gasteiger partial charge in [-0.05, 0) is 35.6 Å². The molecule has 112 valence electrons. The van der Waals surface area contributed by atoms with E-state index in [0.717, 1.165) is 13.1 Å². The lowest BCUT2D eigenvalue weighted by atomic mass is 9.92. The zero-order chi connectivity index (χ0) is 14.8. The highest BCUT2D eigenvalue weighted by Gasteiger charge is 2.26. The van der Waals surface area contributed by atoms with E-state index in [-0.39, 0.29) is 12.5 Å². The fourth-order valence-corrected chi connectivity index (χ4v) is 2.90. The van der Waals surface area contributed by atoms with Crippen LogP contribution in [0.2, 0.25) is 0 Å². The van der Waals surface area contributed by atoms with Crippen LogP contribution in [0.25, 0.3) is 11.6 Å². The third-order valence-corrected chi connectivity index (χ3v) is 3.69. The zero-order valence-corrected chi connectivity index (χ0v) is 12.3. The lowest BCUT2D eigenvalue weighted by molar-refractivity contribution is -0.135. The van der Waals surface area contributed by atoms with Crippen LogP contribution in [0, 0.1) is 11.8 Å². The molecule has 2 atom stereocenters. The molecule has 3 heterocycles. The molecule has 0 bridgehead atoms. The molecular formula is C14H19N5O2. The van der Waals surface area contributed by atoms with Gasteiger partial charge >= 0.3 is 0 Å². The minimum atomic E-state index is 0.0387. The van der Waals surface area contributed by atoms with Crippen molar-refractivity contribution in [3.8, 4) is 11.6 Å². The van der Waals surface area contributed by atoms with E-state index >= 15 is 0 Å². The minimum absolute atomic E-state index is 0.0387. The first-order valence-electron chi connectivity index (χ1n) is 7.21. The number of hydrogen-bond acceptors (Lipinski definition) is 5. The first-order valence-corrected chi connectivity index (χ1v) is 7.21. The molecule has 1 aliphatic rings. The van der Waals surface area contributed by atoms with Crippen LogP contribution in [0.3, 0.4) is 0 Å². The van der Waals surface area contributed by atoms with Gasteiger partial charge in [0, 0.05) is 13.1 Å². The molecule has 3 rings (SSSR count). The highest BCUT2D eigenvalue weighted by Crippen LogP contribution is 2.21. The molecule has 1 amide bonds. The lowest BCUT2D eigenvalue weighted by Crippen LogP contribution is -2.44. The zero-order valence-electron chi connectivity index (χ0n) is 12.3. The second-order valence-electron chi connectivity index (χ2n) is 5.87. The molecule has 0 N–H and O–H groups in total. The van der Waals surface area contributed by atoms with Crippen molar-refractivity contribution in [3.05, 3.63) is 18.4 Å². The Morgan fingerprint density at radius 3 is 2.81 bits per heavy atom. The number of rotatable bonds is 3. The third kappa shape index (κ3) is 3.12. The first kappa shape index (κ1) is 13.8. The summed E-state index contributed by atoms with van der Waals surface area (Å²) in [5.41, 5.74) is 0. The quantitative estimate of drug-likeness (QED) is 0.854. The average molecular weight is 289 g/mol. The van der Waals surface area contributed by atoms with E-state index in [4.69, 9.17) is 4.42 Å². The predicted molar refractivity (Wildman–Crippen MR) is 75.0 cm³/mol. The fraction of sp³-hybridized carbons (Fsp3) is 0.571. The molecule has 2 aromatic rings. The SMILES string of the molecule is C[C@@H]1C[C@H](C)CN(C(=O)Cn2nnc(-c3ccco3)n2)C1. The van der Waals surface area contributed by atoms with Gasteiger partial charge in [-0.1, -0.05) is 13.8 Å². The van der Waals surface area contributed by atoms with Gasteiger partial charge in [0.2, 0.25) is 11.7 Å². The summed E-state index contributed by atoms with van der Waals surface area (Å²) in [4.78, 5) is 15.5. The predicted octanol–water partition coefficient (Wildman–Crippen LogP) is 1.44. The Morgan fingerprint density at radius 2 is 2.14 bits per heavy atom. The Bertz CT molecular complexity index is 597. The summed E-state index contributed by atoms with van der Waals surface area (Å²) in [6.45, 7) is 6.09. The van der Waals surface area contributed by atoms with Crippen LogP contribution in [0.15, 0.2) is 22.8 Å². The molecule has 0 spiro atoms. The van der Waals surface area contributed by atoms with Crippen molar-refractivity contribution in [1.82, 2.24) is 25.1 Å². The van der Waals surface area contributed by atoms with Gasteiger partial charge in [-0.3, -0.25) is 4.79 Å². The summed E-state index contributed by atoms with van der Waals surface area (Å²) >= 11 is 0. The van der Waals surface area contributed by atoms with Crippen molar-refractivity contribution in [3.63, 3.8) is 0 Å². The molecule has 1 saturated heterocycles. The molecule has 2 aromatic heterocycles. The summed E-state index contributed by atoms with van der Waals surface area (Å²) in [5, 5.41) is 12.0. The Morgan fingerprint density at radius 1 is 1.38 bits per heavy atom. The molecule has 0 aromatic carbocycles. The Kier molecular flexibility index (Phi) is 3.72. The summed E-state index contributed by atoms with van der Waals surface area (Å²) in [6, 6.07) is 3.52. The van der Waals surface area contributed by atoms with Crippen LogP contribution in [0.1, 0.15) is 20.3 Å². The van der Waals surface area contributed by atoms with Gasteiger partial charge in [-0.15, -0.1) is 10.2 Å². The molecule has 21 heavy (non-hydrogen) atoms. The number of amides is 1. The van der Waals surface area contributed by atoms with Crippen molar-refractivity contribution in [2.24, 2.45) is 11.8 Å². The van der Waals surface area contributed by atoms with Crippen molar-refractivity contribution in [2.45, 2.75) is 26.8 Å². The van der Waals surface area contributed by atoms with Gasteiger partial charge in [0.15, 0.2) is 5.76 Å². The molecule has 7 nitrogen and oxygen atoms in total. The number of piperidine rings is 1. The third-order valence-electron chi connectivity index (χ3n) is 3.69. The smallest absolute Gasteiger partial charge is 0.246 e. The van der Waals surface area contributed by atoms with Crippen molar-refractivity contribution in [1.29, 1.82) is 0 Å². The molecular weight excluding hydrogens is 270 g/mol. The number of hydrogen-bond donors (Lipinski definition) is 0. The summed E-state index contributed by atoms with van der Waals surface area (Å²) in [6.07, 6.45) is 2.73. The number of tetrazole rings is 1. The largest absolute Gasteiger partial charge is 0.461 e. The normalized spacial score (nSPS) is 22.5. The van der Waals surface area contributed by atoms with Gasteiger partial charge in [0.1, 0.15) is 6.54 Å². The number of likely N-dealkylation sites (tertiary alicyclic amines) is 1. The number of furan rings is 1. The molecule has 0 radical (unpaired) electrons. The minimum Gasteiger partial charge on any atom is -0.461 e. The second-order valence-corrected chi connectivity index (χ2v) is 5.87. The van der Waals surface area contributed by atoms with Crippen LogP contribution in [0.5, 0.6) is 0 Å². The van der Waals surface area contributed by atoms with Crippen molar-refractivity contribution < 1.29 is 9.21 Å². The monoisotopic (exact) mass is 289 g/mol. The second kappa shape index (κ2) is 5.67. The average Bonchev–Trinajstić information content (AvgIpc) is 3.07. The fourth-order valence-electron chi connectivity index (χ4n) is 2.90. The Labute approximate surface area is 122 Å².